The molecule has 0 atom stereocenters. The van der Waals surface area contributed by atoms with Crippen LogP contribution >= 0.6 is 22.6 Å². The normalized spacial score (nSPS) is 15.8. The van der Waals surface area contributed by atoms with Crippen molar-refractivity contribution in [1.82, 2.24) is 0 Å². The number of halogens is 4. The fraction of sp³-hybridized carbons (Fsp3) is 0.364. The van der Waals surface area contributed by atoms with Gasteiger partial charge < -0.3 is 9.47 Å². The number of esters is 1. The Morgan fingerprint density at radius 1 is 1.40 bits per heavy atom. The molecule has 0 amide bonds. The number of nitrogens with zero attached hydrogens (tertiary/aromatic N) is 2. The van der Waals surface area contributed by atoms with Crippen molar-refractivity contribution in [2.45, 2.75) is 11.8 Å². The number of alkyl halides is 3. The number of hydrogen-bond acceptors (Lipinski definition) is 5. The molecule has 1 aliphatic heterocycles. The predicted octanol–water partition coefficient (Wildman–Crippen LogP) is 3.02. The lowest BCUT2D eigenvalue weighted by molar-refractivity contribution is -0.166. The molecule has 2 rings (SSSR count). The van der Waals surface area contributed by atoms with E-state index in [4.69, 9.17) is 4.74 Å². The highest BCUT2D eigenvalue weighted by Gasteiger charge is 2.65. The van der Waals surface area contributed by atoms with Crippen LogP contribution in [0, 0.1) is 3.57 Å². The van der Waals surface area contributed by atoms with Crippen molar-refractivity contribution in [2.24, 2.45) is 10.2 Å². The zero-order chi connectivity index (χ0) is 15.0. The van der Waals surface area contributed by atoms with Crippen molar-refractivity contribution in [3.8, 4) is 5.75 Å². The molecule has 1 heterocycles. The highest BCUT2D eigenvalue weighted by Crippen LogP contribution is 2.52. The molecule has 0 N–H and O–H groups in total. The Morgan fingerprint density at radius 3 is 2.55 bits per heavy atom. The topological polar surface area (TPSA) is 60.2 Å². The van der Waals surface area contributed by atoms with Crippen molar-refractivity contribution in [2.75, 3.05) is 13.7 Å². The third kappa shape index (κ3) is 2.72. The van der Waals surface area contributed by atoms with Gasteiger partial charge in [-0.1, -0.05) is 6.07 Å². The van der Waals surface area contributed by atoms with E-state index in [0.29, 0.717) is 3.57 Å². The molecule has 0 unspecified atom stereocenters. The van der Waals surface area contributed by atoms with Crippen LogP contribution in [-0.2, 0) is 15.2 Å². The molecule has 0 saturated heterocycles. The standard InChI is InChI=1S/C11H8F3IN2O3/c1-19-9(18)5-20-8-4-6(2-3-7(8)15)10(16-17-10)11(12,13)14/h2-4H,5H2,1H3. The van der Waals surface area contributed by atoms with Crippen LogP contribution < -0.4 is 4.74 Å². The van der Waals surface area contributed by atoms with Crippen LogP contribution in [0.4, 0.5) is 13.2 Å². The van der Waals surface area contributed by atoms with Gasteiger partial charge in [-0.15, -0.1) is 10.2 Å². The molecule has 9 heteroatoms. The van der Waals surface area contributed by atoms with Gasteiger partial charge in [0.1, 0.15) is 5.75 Å². The van der Waals surface area contributed by atoms with Crippen LogP contribution in [0.25, 0.3) is 0 Å². The van der Waals surface area contributed by atoms with Crippen LogP contribution in [-0.4, -0.2) is 25.9 Å². The quantitative estimate of drug-likeness (QED) is 0.577. The molecule has 0 bridgehead atoms. The van der Waals surface area contributed by atoms with E-state index >= 15 is 0 Å². The Kier molecular flexibility index (Phi) is 3.89. The number of rotatable bonds is 4. The first kappa shape index (κ1) is 15.0. The summed E-state index contributed by atoms with van der Waals surface area (Å²) in [5.41, 5.74) is -2.65. The summed E-state index contributed by atoms with van der Waals surface area (Å²) in [6.07, 6.45) is -4.60. The molecule has 0 aliphatic carbocycles. The molecule has 1 aliphatic rings. The summed E-state index contributed by atoms with van der Waals surface area (Å²) in [7, 11) is 1.19. The molecule has 1 aromatic rings. The summed E-state index contributed by atoms with van der Waals surface area (Å²) in [6.45, 7) is -0.386. The van der Waals surface area contributed by atoms with E-state index in [1.165, 1.54) is 25.3 Å². The molecule has 0 radical (unpaired) electrons. The minimum Gasteiger partial charge on any atom is -0.481 e. The number of methoxy groups -OCH3 is 1. The summed E-state index contributed by atoms with van der Waals surface area (Å²) in [5.74, 6) is -0.480. The Bertz CT molecular complexity index is 569. The molecule has 20 heavy (non-hydrogen) atoms. The summed E-state index contributed by atoms with van der Waals surface area (Å²) < 4.78 is 48.7. The second kappa shape index (κ2) is 5.19. The van der Waals surface area contributed by atoms with E-state index in [1.54, 1.807) is 0 Å². The summed E-state index contributed by atoms with van der Waals surface area (Å²) in [6, 6.07) is 3.90. The number of carbonyl (C=O) groups is 1. The fourth-order valence-electron chi connectivity index (χ4n) is 1.47. The Hall–Kier alpha value is -1.39. The van der Waals surface area contributed by atoms with Gasteiger partial charge in [0.15, 0.2) is 6.61 Å². The number of benzene rings is 1. The fourth-order valence-corrected chi connectivity index (χ4v) is 1.96. The van der Waals surface area contributed by atoms with Crippen molar-refractivity contribution in [1.29, 1.82) is 0 Å². The summed E-state index contributed by atoms with van der Waals surface area (Å²) in [5, 5.41) is 6.22. The summed E-state index contributed by atoms with van der Waals surface area (Å²) in [4.78, 5) is 11.0. The molecular weight excluding hydrogens is 392 g/mol. The molecule has 108 valence electrons. The van der Waals surface area contributed by atoms with Crippen LogP contribution in [0.2, 0.25) is 0 Å². The molecule has 5 nitrogen and oxygen atoms in total. The van der Waals surface area contributed by atoms with Crippen molar-refractivity contribution in [3.63, 3.8) is 0 Å². The highest BCUT2D eigenvalue weighted by atomic mass is 127. The lowest BCUT2D eigenvalue weighted by Crippen LogP contribution is -2.30. The Morgan fingerprint density at radius 2 is 2.05 bits per heavy atom. The monoisotopic (exact) mass is 400 g/mol. The molecule has 0 fully saturated rings. The smallest absolute Gasteiger partial charge is 0.442 e. The Labute approximate surface area is 125 Å². The minimum absolute atomic E-state index is 0.148. The van der Waals surface area contributed by atoms with E-state index in [1.807, 2.05) is 22.6 Å². The van der Waals surface area contributed by atoms with Crippen molar-refractivity contribution in [3.05, 3.63) is 27.3 Å². The van der Waals surface area contributed by atoms with Gasteiger partial charge in [0.05, 0.1) is 10.7 Å². The SMILES string of the molecule is COC(=O)COc1cc(C2(C(F)(F)F)N=N2)ccc1I. The van der Waals surface area contributed by atoms with Crippen LogP contribution in [0.3, 0.4) is 0 Å². The van der Waals surface area contributed by atoms with Gasteiger partial charge in [-0.3, -0.25) is 0 Å². The lowest BCUT2D eigenvalue weighted by atomic mass is 10.0. The first-order chi connectivity index (χ1) is 9.30. The third-order valence-electron chi connectivity index (χ3n) is 2.60. The molecule has 0 saturated carbocycles. The van der Waals surface area contributed by atoms with Crippen molar-refractivity contribution >= 4 is 28.6 Å². The number of carbonyl (C=O) groups excluding carboxylic acids is 1. The lowest BCUT2D eigenvalue weighted by Gasteiger charge is -2.16. The van der Waals surface area contributed by atoms with E-state index in [2.05, 4.69) is 15.0 Å². The van der Waals surface area contributed by atoms with Crippen LogP contribution in [0.1, 0.15) is 5.56 Å². The van der Waals surface area contributed by atoms with E-state index in [9.17, 15) is 18.0 Å². The van der Waals surface area contributed by atoms with Crippen molar-refractivity contribution < 1.29 is 27.4 Å². The maximum Gasteiger partial charge on any atom is 0.442 e. The zero-order valence-electron chi connectivity index (χ0n) is 10.1. The maximum absolute atomic E-state index is 12.9. The van der Waals surface area contributed by atoms with Gasteiger partial charge in [0.25, 0.3) is 0 Å². The van der Waals surface area contributed by atoms with Gasteiger partial charge in [-0.2, -0.15) is 13.2 Å². The zero-order valence-corrected chi connectivity index (χ0v) is 12.2. The van der Waals surface area contributed by atoms with Gasteiger partial charge in [-0.25, -0.2) is 4.79 Å². The van der Waals surface area contributed by atoms with Gasteiger partial charge in [0.2, 0.25) is 0 Å². The average Bonchev–Trinajstić information content (AvgIpc) is 3.18. The van der Waals surface area contributed by atoms with E-state index in [0.717, 1.165) is 0 Å². The van der Waals surface area contributed by atoms with Crippen LogP contribution in [0.15, 0.2) is 28.4 Å². The Balaban J connectivity index is 2.24. The maximum atomic E-state index is 12.9. The van der Waals surface area contributed by atoms with Gasteiger partial charge in [-0.05, 0) is 34.7 Å². The molecule has 1 aromatic carbocycles. The van der Waals surface area contributed by atoms with E-state index in [-0.39, 0.29) is 17.9 Å². The molecule has 0 spiro atoms. The third-order valence-corrected chi connectivity index (χ3v) is 3.49. The van der Waals surface area contributed by atoms with Gasteiger partial charge in [0, 0.05) is 5.56 Å². The first-order valence-corrected chi connectivity index (χ1v) is 6.38. The largest absolute Gasteiger partial charge is 0.481 e. The summed E-state index contributed by atoms with van der Waals surface area (Å²) >= 11 is 1.89. The van der Waals surface area contributed by atoms with Gasteiger partial charge >= 0.3 is 17.8 Å². The predicted molar refractivity (Wildman–Crippen MR) is 69.3 cm³/mol. The second-order valence-electron chi connectivity index (χ2n) is 3.88. The van der Waals surface area contributed by atoms with E-state index < -0.39 is 17.8 Å². The molecule has 0 aromatic heterocycles. The second-order valence-corrected chi connectivity index (χ2v) is 5.04. The number of ether oxygens (including phenoxy) is 2. The minimum atomic E-state index is -4.60. The van der Waals surface area contributed by atoms with Crippen LogP contribution in [0.5, 0.6) is 5.75 Å². The first-order valence-electron chi connectivity index (χ1n) is 5.30. The average molecular weight is 400 g/mol. The highest BCUT2D eigenvalue weighted by molar-refractivity contribution is 14.1. The number of hydrogen-bond donors (Lipinski definition) is 0. The molecular formula is C11H8F3IN2O3.